The first kappa shape index (κ1) is 9.69. The van der Waals surface area contributed by atoms with E-state index in [1.165, 1.54) is 21.2 Å². The standard InChI is InChI=1S/C12H15NS/c1-8-7-14-11-6-4-5-10(12(8)11)9(2)13-3/h4-7,9,13H,1-3H3. The largest absolute Gasteiger partial charge is 0.313 e. The molecule has 1 atom stereocenters. The van der Waals surface area contributed by atoms with E-state index >= 15 is 0 Å². The van der Waals surface area contributed by atoms with Gasteiger partial charge in [-0.05, 0) is 43.5 Å². The Bertz CT molecular complexity index is 445. The number of fused-ring (bicyclic) bond motifs is 1. The molecule has 14 heavy (non-hydrogen) atoms. The van der Waals surface area contributed by atoms with Crippen LogP contribution in [0.25, 0.3) is 10.1 Å². The van der Waals surface area contributed by atoms with E-state index in [4.69, 9.17) is 0 Å². The third kappa shape index (κ3) is 1.45. The number of benzene rings is 1. The highest BCUT2D eigenvalue weighted by molar-refractivity contribution is 7.17. The summed E-state index contributed by atoms with van der Waals surface area (Å²) in [6.45, 7) is 4.39. The predicted molar refractivity (Wildman–Crippen MR) is 64.0 cm³/mol. The summed E-state index contributed by atoms with van der Waals surface area (Å²) in [5, 5.41) is 6.96. The molecule has 1 aromatic heterocycles. The lowest BCUT2D eigenvalue weighted by molar-refractivity contribution is 0.657. The van der Waals surface area contributed by atoms with Gasteiger partial charge in [0.15, 0.2) is 0 Å². The molecule has 0 bridgehead atoms. The molecule has 1 nitrogen and oxygen atoms in total. The van der Waals surface area contributed by atoms with Crippen LogP contribution in [0.15, 0.2) is 23.6 Å². The van der Waals surface area contributed by atoms with Gasteiger partial charge in [-0.2, -0.15) is 0 Å². The number of nitrogens with one attached hydrogen (secondary N) is 1. The SMILES string of the molecule is CNC(C)c1cccc2scc(C)c12. The van der Waals surface area contributed by atoms with E-state index in [0.29, 0.717) is 6.04 Å². The summed E-state index contributed by atoms with van der Waals surface area (Å²) in [5.41, 5.74) is 2.80. The first-order valence-electron chi connectivity index (χ1n) is 4.88. The molecule has 0 aliphatic heterocycles. The molecule has 0 radical (unpaired) electrons. The van der Waals surface area contributed by atoms with Gasteiger partial charge >= 0.3 is 0 Å². The molecule has 0 saturated heterocycles. The highest BCUT2D eigenvalue weighted by Crippen LogP contribution is 2.31. The minimum Gasteiger partial charge on any atom is -0.313 e. The lowest BCUT2D eigenvalue weighted by Gasteiger charge is -2.12. The molecule has 1 heterocycles. The van der Waals surface area contributed by atoms with Gasteiger partial charge in [0.1, 0.15) is 0 Å². The summed E-state index contributed by atoms with van der Waals surface area (Å²) in [7, 11) is 2.01. The van der Waals surface area contributed by atoms with Crippen molar-refractivity contribution in [3.63, 3.8) is 0 Å². The second kappa shape index (κ2) is 3.71. The van der Waals surface area contributed by atoms with Crippen LogP contribution in [0.1, 0.15) is 24.1 Å². The lowest BCUT2D eigenvalue weighted by Crippen LogP contribution is -2.12. The van der Waals surface area contributed by atoms with Crippen molar-refractivity contribution in [2.24, 2.45) is 0 Å². The van der Waals surface area contributed by atoms with Crippen LogP contribution in [0.2, 0.25) is 0 Å². The molecule has 1 unspecified atom stereocenters. The second-order valence-corrected chi connectivity index (χ2v) is 4.56. The molecule has 0 spiro atoms. The minimum absolute atomic E-state index is 0.423. The maximum absolute atomic E-state index is 3.30. The third-order valence-corrected chi connectivity index (χ3v) is 3.78. The van der Waals surface area contributed by atoms with Crippen LogP contribution in [0.4, 0.5) is 0 Å². The molecular weight excluding hydrogens is 190 g/mol. The Labute approximate surface area is 88.8 Å². The third-order valence-electron chi connectivity index (χ3n) is 2.71. The normalized spacial score (nSPS) is 13.4. The number of hydrogen-bond donors (Lipinski definition) is 1. The Morgan fingerprint density at radius 2 is 2.14 bits per heavy atom. The van der Waals surface area contributed by atoms with Crippen molar-refractivity contribution in [3.8, 4) is 0 Å². The number of rotatable bonds is 2. The summed E-state index contributed by atoms with van der Waals surface area (Å²) >= 11 is 1.83. The molecule has 2 aromatic rings. The van der Waals surface area contributed by atoms with Gasteiger partial charge in [0.2, 0.25) is 0 Å². The average Bonchev–Trinajstić information content (AvgIpc) is 2.59. The van der Waals surface area contributed by atoms with Crippen molar-refractivity contribution in [2.75, 3.05) is 7.05 Å². The van der Waals surface area contributed by atoms with Gasteiger partial charge in [0.05, 0.1) is 0 Å². The summed E-state index contributed by atoms with van der Waals surface area (Å²) in [6, 6.07) is 6.97. The molecule has 74 valence electrons. The molecule has 0 aliphatic rings. The monoisotopic (exact) mass is 205 g/mol. The van der Waals surface area contributed by atoms with Gasteiger partial charge in [-0.25, -0.2) is 0 Å². The van der Waals surface area contributed by atoms with Gasteiger partial charge < -0.3 is 5.32 Å². The first-order chi connectivity index (χ1) is 6.74. The minimum atomic E-state index is 0.423. The molecule has 0 amide bonds. The van der Waals surface area contributed by atoms with Crippen LogP contribution in [0.5, 0.6) is 0 Å². The summed E-state index contributed by atoms with van der Waals surface area (Å²) in [5.74, 6) is 0. The number of aryl methyl sites for hydroxylation is 1. The summed E-state index contributed by atoms with van der Waals surface area (Å²) in [4.78, 5) is 0. The van der Waals surface area contributed by atoms with E-state index in [1.54, 1.807) is 0 Å². The Balaban J connectivity index is 2.69. The maximum Gasteiger partial charge on any atom is 0.0348 e. The van der Waals surface area contributed by atoms with Crippen LogP contribution < -0.4 is 5.32 Å². The van der Waals surface area contributed by atoms with E-state index in [2.05, 4.69) is 42.7 Å². The maximum atomic E-state index is 3.30. The second-order valence-electron chi connectivity index (χ2n) is 3.65. The fraction of sp³-hybridized carbons (Fsp3) is 0.333. The fourth-order valence-electron chi connectivity index (χ4n) is 1.80. The van der Waals surface area contributed by atoms with Crippen molar-refractivity contribution in [3.05, 3.63) is 34.7 Å². The molecule has 2 heteroatoms. The summed E-state index contributed by atoms with van der Waals surface area (Å²) < 4.78 is 1.39. The molecule has 1 aromatic carbocycles. The molecule has 1 N–H and O–H groups in total. The van der Waals surface area contributed by atoms with Gasteiger partial charge in [-0.3, -0.25) is 0 Å². The molecular formula is C12H15NS. The number of hydrogen-bond acceptors (Lipinski definition) is 2. The zero-order chi connectivity index (χ0) is 10.1. The van der Waals surface area contributed by atoms with Gasteiger partial charge in [0, 0.05) is 16.1 Å². The fourth-order valence-corrected chi connectivity index (χ4v) is 2.77. The van der Waals surface area contributed by atoms with E-state index in [9.17, 15) is 0 Å². The lowest BCUT2D eigenvalue weighted by atomic mass is 10.0. The van der Waals surface area contributed by atoms with Gasteiger partial charge in [0.25, 0.3) is 0 Å². The number of thiophene rings is 1. The van der Waals surface area contributed by atoms with Gasteiger partial charge in [-0.15, -0.1) is 11.3 Å². The van der Waals surface area contributed by atoms with E-state index in [0.717, 1.165) is 0 Å². The topological polar surface area (TPSA) is 12.0 Å². The van der Waals surface area contributed by atoms with E-state index in [-0.39, 0.29) is 0 Å². The van der Waals surface area contributed by atoms with Crippen molar-refractivity contribution in [2.45, 2.75) is 19.9 Å². The van der Waals surface area contributed by atoms with Crippen LogP contribution in [0.3, 0.4) is 0 Å². The zero-order valence-corrected chi connectivity index (χ0v) is 9.61. The molecule has 0 fully saturated rings. The van der Waals surface area contributed by atoms with Crippen molar-refractivity contribution in [1.82, 2.24) is 5.32 Å². The Kier molecular flexibility index (Phi) is 2.57. The average molecular weight is 205 g/mol. The Morgan fingerprint density at radius 3 is 2.86 bits per heavy atom. The highest BCUT2D eigenvalue weighted by Gasteiger charge is 2.09. The molecule has 2 rings (SSSR count). The first-order valence-corrected chi connectivity index (χ1v) is 5.76. The van der Waals surface area contributed by atoms with Crippen molar-refractivity contribution >= 4 is 21.4 Å². The van der Waals surface area contributed by atoms with Crippen LogP contribution >= 0.6 is 11.3 Å². The van der Waals surface area contributed by atoms with E-state index < -0.39 is 0 Å². The zero-order valence-electron chi connectivity index (χ0n) is 8.79. The van der Waals surface area contributed by atoms with E-state index in [1.807, 2.05) is 18.4 Å². The summed E-state index contributed by atoms with van der Waals surface area (Å²) in [6.07, 6.45) is 0. The van der Waals surface area contributed by atoms with Crippen LogP contribution in [-0.4, -0.2) is 7.05 Å². The van der Waals surface area contributed by atoms with Gasteiger partial charge in [-0.1, -0.05) is 12.1 Å². The molecule has 0 saturated carbocycles. The Morgan fingerprint density at radius 1 is 1.36 bits per heavy atom. The Hall–Kier alpha value is -0.860. The smallest absolute Gasteiger partial charge is 0.0348 e. The van der Waals surface area contributed by atoms with Crippen LogP contribution in [0, 0.1) is 6.92 Å². The van der Waals surface area contributed by atoms with Crippen LogP contribution in [-0.2, 0) is 0 Å². The highest BCUT2D eigenvalue weighted by atomic mass is 32.1. The quantitative estimate of drug-likeness (QED) is 0.791. The van der Waals surface area contributed by atoms with Crippen molar-refractivity contribution in [1.29, 1.82) is 0 Å². The van der Waals surface area contributed by atoms with Crippen molar-refractivity contribution < 1.29 is 0 Å². The predicted octanol–water partition coefficient (Wildman–Crippen LogP) is 3.49. The molecule has 0 aliphatic carbocycles.